The first-order valence-corrected chi connectivity index (χ1v) is 31.0. The van der Waals surface area contributed by atoms with Crippen molar-refractivity contribution in [1.82, 2.24) is 30.2 Å². The molecule has 8 unspecified atom stereocenters. The van der Waals surface area contributed by atoms with Crippen molar-refractivity contribution >= 4 is 69.1 Å². The van der Waals surface area contributed by atoms with Crippen LogP contribution >= 0.6 is 35.2 Å². The van der Waals surface area contributed by atoms with Crippen molar-refractivity contribution in [3.05, 3.63) is 12.7 Å². The van der Waals surface area contributed by atoms with Crippen molar-refractivity contribution in [2.45, 2.75) is 193 Å². The molecule has 1 fully saturated rings. The molecule has 1 aliphatic rings. The molecule has 1 aliphatic heterocycles. The summed E-state index contributed by atoms with van der Waals surface area (Å²) < 4.78 is 62.6. The zero-order valence-corrected chi connectivity index (χ0v) is 46.3. The lowest BCUT2D eigenvalue weighted by molar-refractivity contribution is -0.137. The third-order valence-corrected chi connectivity index (χ3v) is 16.4. The van der Waals surface area contributed by atoms with Crippen LogP contribution in [0, 0.1) is 11.3 Å². The number of fused-ring (bicyclic) bond motifs is 1. The number of unbranched alkanes of at least 4 members (excludes halogenated alkanes) is 15. The topological polar surface area (TPSA) is 364 Å². The number of aliphatic hydroxyl groups excluding tert-OH is 2. The SMILES string of the molecule is CCCCCCCCCCCCC(C)CCCCCCCCCC(=O)SCCNC(=O)CCNC(=O)C(O)C(C)(C)COP(=O)(O)OP(=O)(O)OCC1OC(n2cnc3c(N)ncnc32)C(O)C1OP(=O)(O)O. The summed E-state index contributed by atoms with van der Waals surface area (Å²) in [4.78, 5) is 88.6. The Kier molecular flexibility index (Phi) is 29.3. The molecule has 0 aliphatic carbocycles. The number of rotatable bonds is 40. The van der Waals surface area contributed by atoms with Gasteiger partial charge >= 0.3 is 23.5 Å². The predicted molar refractivity (Wildman–Crippen MR) is 274 cm³/mol. The maximum Gasteiger partial charge on any atom is 0.481 e. The maximum atomic E-state index is 12.8. The second-order valence-corrected chi connectivity index (χ2v) is 24.8. The van der Waals surface area contributed by atoms with Gasteiger partial charge < -0.3 is 50.9 Å². The monoisotopic (exact) mass is 1120 g/mol. The number of carbonyl (C=O) groups excluding carboxylic acids is 3. The number of hydrogen-bond acceptors (Lipinski definition) is 18. The lowest BCUT2D eigenvalue weighted by Crippen LogP contribution is -2.46. The lowest BCUT2D eigenvalue weighted by Gasteiger charge is -2.30. The van der Waals surface area contributed by atoms with E-state index in [-0.39, 0.29) is 41.6 Å². The van der Waals surface area contributed by atoms with Gasteiger partial charge in [-0.15, -0.1) is 0 Å². The summed E-state index contributed by atoms with van der Waals surface area (Å²) in [5.41, 5.74) is 4.30. The standard InChI is InChI=1S/C45H82N7O17P3S/c1-5-6-7-8-9-10-11-13-16-19-22-33(2)23-20-17-14-12-15-18-21-24-36(54)73-28-27-47-35(53)25-26-48-43(57)40(56)45(3,4)30-66-72(63,64)69-71(61,62)65-29-34-39(68-70(58,59)60)38(55)44(67-34)52-32-51-37-41(46)49-31-50-42(37)52/h31-34,38-40,44,55-56H,5-30H2,1-4H3,(H,47,53)(H,48,57)(H,61,62)(H,63,64)(H2,46,49,50)(H2,58,59,60). The van der Waals surface area contributed by atoms with Gasteiger partial charge in [0.05, 0.1) is 19.5 Å². The van der Waals surface area contributed by atoms with E-state index in [1.54, 1.807) is 0 Å². The fourth-order valence-corrected chi connectivity index (χ4v) is 11.7. The number of amides is 2. The number of nitrogen functional groups attached to an aromatic ring is 1. The number of aromatic nitrogens is 4. The average molecular weight is 1120 g/mol. The molecule has 3 rings (SSSR count). The van der Waals surface area contributed by atoms with E-state index in [1.165, 1.54) is 117 Å². The minimum Gasteiger partial charge on any atom is -0.386 e. The second kappa shape index (κ2) is 33.0. The number of nitrogens with two attached hydrogens (primary N) is 1. The van der Waals surface area contributed by atoms with E-state index >= 15 is 0 Å². The van der Waals surface area contributed by atoms with Gasteiger partial charge in [0.25, 0.3) is 0 Å². The molecule has 0 bridgehead atoms. The van der Waals surface area contributed by atoms with E-state index in [0.717, 1.165) is 54.2 Å². The Morgan fingerprint density at radius 2 is 1.40 bits per heavy atom. The van der Waals surface area contributed by atoms with Crippen LogP contribution in [0.5, 0.6) is 0 Å². The van der Waals surface area contributed by atoms with Crippen molar-refractivity contribution in [3.8, 4) is 0 Å². The van der Waals surface area contributed by atoms with Crippen molar-refractivity contribution in [2.75, 3.05) is 37.8 Å². The lowest BCUT2D eigenvalue weighted by atomic mass is 9.87. The Morgan fingerprint density at radius 3 is 2.00 bits per heavy atom. The summed E-state index contributed by atoms with van der Waals surface area (Å²) >= 11 is 1.16. The number of carbonyl (C=O) groups is 3. The van der Waals surface area contributed by atoms with Crippen LogP contribution < -0.4 is 16.4 Å². The Labute approximate surface area is 433 Å². The van der Waals surface area contributed by atoms with Crippen LogP contribution in [-0.2, 0) is 50.7 Å². The molecular weight excluding hydrogens is 1040 g/mol. The van der Waals surface area contributed by atoms with Crippen molar-refractivity contribution in [1.29, 1.82) is 0 Å². The molecule has 0 aromatic carbocycles. The van der Waals surface area contributed by atoms with E-state index in [2.05, 4.69) is 48.3 Å². The number of ether oxygens (including phenoxy) is 1. The smallest absolute Gasteiger partial charge is 0.386 e. The van der Waals surface area contributed by atoms with Crippen LogP contribution in [0.15, 0.2) is 12.7 Å². The van der Waals surface area contributed by atoms with E-state index < -0.39 is 84.6 Å². The number of anilines is 1. The fraction of sp³-hybridized carbons (Fsp3) is 0.822. The molecule has 0 saturated carbocycles. The highest BCUT2D eigenvalue weighted by molar-refractivity contribution is 8.13. The summed E-state index contributed by atoms with van der Waals surface area (Å²) in [6, 6.07) is 0. The first-order chi connectivity index (χ1) is 34.4. The van der Waals surface area contributed by atoms with Crippen molar-refractivity contribution in [2.24, 2.45) is 11.3 Å². The summed E-state index contributed by atoms with van der Waals surface area (Å²) in [5.74, 6) is -0.208. The molecule has 0 radical (unpaired) electrons. The quantitative estimate of drug-likeness (QED) is 0.0237. The maximum absolute atomic E-state index is 12.8. The molecule has 3 heterocycles. The van der Waals surface area contributed by atoms with Crippen LogP contribution in [-0.4, -0.2) is 123 Å². The summed E-state index contributed by atoms with van der Waals surface area (Å²) in [5, 5.41) is 26.7. The zero-order valence-electron chi connectivity index (χ0n) is 42.8. The van der Waals surface area contributed by atoms with E-state index in [4.69, 9.17) is 19.5 Å². The molecule has 10 N–H and O–H groups in total. The minimum absolute atomic E-state index is 0.0344. The highest BCUT2D eigenvalue weighted by Gasteiger charge is 2.50. The molecule has 1 saturated heterocycles. The average Bonchev–Trinajstić information content (AvgIpc) is 3.88. The van der Waals surface area contributed by atoms with Gasteiger partial charge in [0.1, 0.15) is 36.3 Å². The first kappa shape index (κ1) is 64.8. The highest BCUT2D eigenvalue weighted by atomic mass is 32.2. The van der Waals surface area contributed by atoms with Gasteiger partial charge in [-0.3, -0.25) is 32.5 Å². The molecule has 0 spiro atoms. The number of nitrogens with zero attached hydrogens (tertiary/aromatic N) is 4. The Bertz CT molecular complexity index is 2120. The Balaban J connectivity index is 1.24. The largest absolute Gasteiger partial charge is 0.481 e. The van der Waals surface area contributed by atoms with Crippen LogP contribution in [0.1, 0.15) is 169 Å². The first-order valence-electron chi connectivity index (χ1n) is 25.5. The summed E-state index contributed by atoms with van der Waals surface area (Å²) in [6.45, 7) is 5.24. The van der Waals surface area contributed by atoms with Gasteiger partial charge in [-0.2, -0.15) is 4.31 Å². The number of nitrogens with one attached hydrogen (secondary N) is 2. The van der Waals surface area contributed by atoms with Gasteiger partial charge in [-0.25, -0.2) is 28.6 Å². The fourth-order valence-electron chi connectivity index (χ4n) is 8.14. The van der Waals surface area contributed by atoms with E-state index in [0.29, 0.717) is 12.2 Å². The van der Waals surface area contributed by atoms with Crippen LogP contribution in [0.25, 0.3) is 11.2 Å². The number of phosphoric ester groups is 3. The zero-order chi connectivity index (χ0) is 54.1. The van der Waals surface area contributed by atoms with Gasteiger partial charge in [0.2, 0.25) is 11.8 Å². The number of phosphoric acid groups is 3. The number of imidazole rings is 1. The van der Waals surface area contributed by atoms with Gasteiger partial charge in [0, 0.05) is 37.1 Å². The summed E-state index contributed by atoms with van der Waals surface area (Å²) in [6.07, 6.45) is 18.0. The molecule has 2 aromatic rings. The number of thioether (sulfide) groups is 1. The third-order valence-electron chi connectivity index (χ3n) is 12.4. The van der Waals surface area contributed by atoms with Gasteiger partial charge in [-0.1, -0.05) is 155 Å². The minimum atomic E-state index is -5.58. The molecule has 2 aromatic heterocycles. The molecule has 73 heavy (non-hydrogen) atoms. The second-order valence-electron chi connectivity index (χ2n) is 19.4. The third kappa shape index (κ3) is 25.5. The number of hydrogen-bond donors (Lipinski definition) is 9. The van der Waals surface area contributed by atoms with E-state index in [1.807, 2.05) is 0 Å². The highest BCUT2D eigenvalue weighted by Crippen LogP contribution is 2.61. The molecule has 8 atom stereocenters. The molecule has 24 nitrogen and oxygen atoms in total. The molecule has 2 amide bonds. The van der Waals surface area contributed by atoms with Crippen molar-refractivity contribution in [3.63, 3.8) is 0 Å². The van der Waals surface area contributed by atoms with E-state index in [9.17, 15) is 57.9 Å². The molecular formula is C45H82N7O17P3S. The summed E-state index contributed by atoms with van der Waals surface area (Å²) in [7, 11) is -16.4. The van der Waals surface area contributed by atoms with Crippen LogP contribution in [0.3, 0.4) is 0 Å². The van der Waals surface area contributed by atoms with Gasteiger partial charge in [0.15, 0.2) is 22.8 Å². The predicted octanol–water partition coefficient (Wildman–Crippen LogP) is 7.12. The Morgan fingerprint density at radius 1 is 0.822 bits per heavy atom. The number of aliphatic hydroxyl groups is 2. The normalized spacial score (nSPS) is 19.9. The van der Waals surface area contributed by atoms with Crippen LogP contribution in [0.2, 0.25) is 0 Å². The van der Waals surface area contributed by atoms with Crippen LogP contribution in [0.4, 0.5) is 5.82 Å². The Hall–Kier alpha value is -2.44. The molecule has 420 valence electrons. The molecule has 28 heteroatoms. The van der Waals surface area contributed by atoms with Gasteiger partial charge in [-0.05, 0) is 12.3 Å². The van der Waals surface area contributed by atoms with Crippen molar-refractivity contribution < 1.29 is 80.5 Å².